The van der Waals surface area contributed by atoms with Gasteiger partial charge >= 0.3 is 6.09 Å². The van der Waals surface area contributed by atoms with E-state index < -0.39 is 6.09 Å². The lowest BCUT2D eigenvalue weighted by Crippen LogP contribution is -2.54. The summed E-state index contributed by atoms with van der Waals surface area (Å²) >= 11 is 0. The van der Waals surface area contributed by atoms with Crippen molar-refractivity contribution >= 4 is 12.0 Å². The molecule has 2 amide bonds. The molecule has 1 aliphatic carbocycles. The molecule has 2 atom stereocenters. The zero-order chi connectivity index (χ0) is 13.8. The second kappa shape index (κ2) is 6.37. The molecule has 1 heterocycles. The molecular formula is C14H24N2O3. The van der Waals surface area contributed by atoms with Crippen molar-refractivity contribution in [2.75, 3.05) is 26.2 Å². The first-order valence-corrected chi connectivity index (χ1v) is 7.41. The fourth-order valence-corrected chi connectivity index (χ4v) is 2.99. The predicted octanol–water partition coefficient (Wildman–Crippen LogP) is 1.87. The molecule has 108 valence electrons. The summed E-state index contributed by atoms with van der Waals surface area (Å²) in [6.07, 6.45) is 3.21. The first-order valence-electron chi connectivity index (χ1n) is 7.41. The summed E-state index contributed by atoms with van der Waals surface area (Å²) in [5, 5.41) is 0. The number of carbonyl (C=O) groups is 2. The second-order valence-electron chi connectivity index (χ2n) is 5.33. The van der Waals surface area contributed by atoms with Crippen molar-refractivity contribution in [3.8, 4) is 0 Å². The molecule has 0 aromatic rings. The highest BCUT2D eigenvalue weighted by Gasteiger charge is 2.43. The van der Waals surface area contributed by atoms with Gasteiger partial charge in [-0.05, 0) is 32.4 Å². The van der Waals surface area contributed by atoms with E-state index in [1.807, 2.05) is 0 Å². The van der Waals surface area contributed by atoms with Crippen LogP contribution in [0.5, 0.6) is 0 Å². The molecule has 5 heteroatoms. The average Bonchev–Trinajstić information content (AvgIpc) is 2.43. The summed E-state index contributed by atoms with van der Waals surface area (Å²) in [5.41, 5.74) is 0. The van der Waals surface area contributed by atoms with Gasteiger partial charge in [0.15, 0.2) is 0 Å². The van der Waals surface area contributed by atoms with Gasteiger partial charge in [0, 0.05) is 13.1 Å². The van der Waals surface area contributed by atoms with E-state index in [4.69, 9.17) is 4.74 Å². The van der Waals surface area contributed by atoms with E-state index in [0.717, 1.165) is 45.3 Å². The highest BCUT2D eigenvalue weighted by molar-refractivity contribution is 5.95. The molecule has 0 spiro atoms. The number of imide groups is 1. The number of ether oxygens (including phenoxy) is 1. The molecule has 0 aromatic carbocycles. The molecule has 2 aliphatic rings. The minimum Gasteiger partial charge on any atom is -0.445 e. The van der Waals surface area contributed by atoms with Crippen LogP contribution in [-0.4, -0.2) is 54.1 Å². The monoisotopic (exact) mass is 268 g/mol. The molecule has 0 aromatic heterocycles. The van der Waals surface area contributed by atoms with Gasteiger partial charge in [0.25, 0.3) is 0 Å². The summed E-state index contributed by atoms with van der Waals surface area (Å²) < 4.78 is 5.42. The number of fused-ring (bicyclic) bond motifs is 1. The van der Waals surface area contributed by atoms with E-state index in [9.17, 15) is 9.59 Å². The molecule has 1 saturated heterocycles. The van der Waals surface area contributed by atoms with Crippen LogP contribution in [0.3, 0.4) is 0 Å². The van der Waals surface area contributed by atoms with Gasteiger partial charge in [0.2, 0.25) is 5.91 Å². The van der Waals surface area contributed by atoms with Crippen LogP contribution in [0.25, 0.3) is 0 Å². The zero-order valence-corrected chi connectivity index (χ0v) is 11.9. The lowest BCUT2D eigenvalue weighted by Gasteiger charge is -2.39. The van der Waals surface area contributed by atoms with Crippen molar-refractivity contribution in [3.05, 3.63) is 0 Å². The third kappa shape index (κ3) is 3.08. The van der Waals surface area contributed by atoms with Gasteiger partial charge in [-0.25, -0.2) is 9.69 Å². The van der Waals surface area contributed by atoms with Crippen LogP contribution in [0.4, 0.5) is 4.79 Å². The molecule has 2 unspecified atom stereocenters. The van der Waals surface area contributed by atoms with E-state index in [1.165, 1.54) is 4.90 Å². The first kappa shape index (κ1) is 14.3. The van der Waals surface area contributed by atoms with Crippen LogP contribution >= 0.6 is 0 Å². The molecule has 2 rings (SSSR count). The predicted molar refractivity (Wildman–Crippen MR) is 71.7 cm³/mol. The van der Waals surface area contributed by atoms with Crippen LogP contribution in [-0.2, 0) is 9.53 Å². The van der Waals surface area contributed by atoms with Crippen molar-refractivity contribution in [2.24, 2.45) is 5.92 Å². The van der Waals surface area contributed by atoms with Crippen molar-refractivity contribution in [1.29, 1.82) is 0 Å². The van der Waals surface area contributed by atoms with E-state index >= 15 is 0 Å². The van der Waals surface area contributed by atoms with Gasteiger partial charge in [0.05, 0.1) is 5.92 Å². The molecule has 1 saturated carbocycles. The normalized spacial score (nSPS) is 27.4. The molecule has 5 nitrogen and oxygen atoms in total. The zero-order valence-electron chi connectivity index (χ0n) is 11.9. The molecular weight excluding hydrogens is 244 g/mol. The molecule has 19 heavy (non-hydrogen) atoms. The first-order chi connectivity index (χ1) is 9.17. The highest BCUT2D eigenvalue weighted by atomic mass is 16.6. The Balaban J connectivity index is 1.96. The van der Waals surface area contributed by atoms with Crippen LogP contribution in [0.1, 0.15) is 39.5 Å². The Bertz CT molecular complexity index is 342. The number of nitrogens with zero attached hydrogens (tertiary/aromatic N) is 2. The SMILES string of the molecule is CCN(CC)CCN1C(=O)OC2CCCCC2C1=O. The Kier molecular flexibility index (Phi) is 4.80. The minimum absolute atomic E-state index is 0.0203. The van der Waals surface area contributed by atoms with Crippen LogP contribution < -0.4 is 0 Å². The Morgan fingerprint density at radius 1 is 1.21 bits per heavy atom. The Morgan fingerprint density at radius 2 is 1.89 bits per heavy atom. The van der Waals surface area contributed by atoms with E-state index in [1.54, 1.807) is 0 Å². The van der Waals surface area contributed by atoms with Gasteiger partial charge in [0.1, 0.15) is 6.10 Å². The average molecular weight is 268 g/mol. The Labute approximate surface area is 114 Å². The molecule has 1 aliphatic heterocycles. The quantitative estimate of drug-likeness (QED) is 0.763. The Morgan fingerprint density at radius 3 is 2.58 bits per heavy atom. The van der Waals surface area contributed by atoms with Crippen LogP contribution in [0.15, 0.2) is 0 Å². The second-order valence-corrected chi connectivity index (χ2v) is 5.33. The molecule has 0 N–H and O–H groups in total. The van der Waals surface area contributed by atoms with Gasteiger partial charge in [-0.1, -0.05) is 20.3 Å². The molecule has 0 bridgehead atoms. The maximum atomic E-state index is 12.4. The Hall–Kier alpha value is -1.10. The van der Waals surface area contributed by atoms with E-state index in [0.29, 0.717) is 6.54 Å². The van der Waals surface area contributed by atoms with Crippen molar-refractivity contribution in [2.45, 2.75) is 45.6 Å². The van der Waals surface area contributed by atoms with Crippen LogP contribution in [0.2, 0.25) is 0 Å². The number of hydrogen-bond acceptors (Lipinski definition) is 4. The van der Waals surface area contributed by atoms with Crippen molar-refractivity contribution < 1.29 is 14.3 Å². The lowest BCUT2D eigenvalue weighted by molar-refractivity contribution is -0.147. The van der Waals surface area contributed by atoms with E-state index in [2.05, 4.69) is 18.7 Å². The van der Waals surface area contributed by atoms with Gasteiger partial charge < -0.3 is 9.64 Å². The molecule has 2 fully saturated rings. The largest absolute Gasteiger partial charge is 0.445 e. The fraction of sp³-hybridized carbons (Fsp3) is 0.857. The summed E-state index contributed by atoms with van der Waals surface area (Å²) in [6.45, 7) is 7.20. The smallest absolute Gasteiger partial charge is 0.416 e. The van der Waals surface area contributed by atoms with Crippen molar-refractivity contribution in [3.63, 3.8) is 0 Å². The lowest BCUT2D eigenvalue weighted by atomic mass is 9.84. The number of rotatable bonds is 5. The van der Waals surface area contributed by atoms with Gasteiger partial charge in [-0.2, -0.15) is 0 Å². The van der Waals surface area contributed by atoms with E-state index in [-0.39, 0.29) is 17.9 Å². The minimum atomic E-state index is -0.444. The highest BCUT2D eigenvalue weighted by Crippen LogP contribution is 2.32. The van der Waals surface area contributed by atoms with Crippen molar-refractivity contribution in [1.82, 2.24) is 9.80 Å². The number of carbonyl (C=O) groups excluding carboxylic acids is 2. The maximum absolute atomic E-state index is 12.4. The topological polar surface area (TPSA) is 49.9 Å². The molecule has 0 radical (unpaired) electrons. The van der Waals surface area contributed by atoms with Gasteiger partial charge in [-0.15, -0.1) is 0 Å². The van der Waals surface area contributed by atoms with Gasteiger partial charge in [-0.3, -0.25) is 4.79 Å². The third-order valence-electron chi connectivity index (χ3n) is 4.29. The van der Waals surface area contributed by atoms with Crippen LogP contribution in [0, 0.1) is 5.92 Å². The summed E-state index contributed by atoms with van der Waals surface area (Å²) in [5.74, 6) is -0.115. The number of likely N-dealkylation sites (N-methyl/N-ethyl adjacent to an activating group) is 1. The number of hydrogen-bond donors (Lipinski definition) is 0. The maximum Gasteiger partial charge on any atom is 0.416 e. The summed E-state index contributed by atoms with van der Waals surface area (Å²) in [7, 11) is 0. The summed E-state index contributed by atoms with van der Waals surface area (Å²) in [6, 6.07) is 0. The number of amides is 2. The fourth-order valence-electron chi connectivity index (χ4n) is 2.99. The standard InChI is InChI=1S/C14H24N2O3/c1-3-15(4-2)9-10-16-13(17)11-7-5-6-8-12(11)19-14(16)18/h11-12H,3-10H2,1-2H3. The third-order valence-corrected chi connectivity index (χ3v) is 4.29. The summed E-state index contributed by atoms with van der Waals surface area (Å²) in [4.78, 5) is 27.8.